The normalized spacial score (nSPS) is 32.5. The van der Waals surface area contributed by atoms with Crippen LogP contribution in [0.1, 0.15) is 38.7 Å². The number of carbonyl (C=O) groups excluding carboxylic acids is 3. The molecule has 2 amide bonds. The minimum atomic E-state index is -0.753. The predicted octanol–water partition coefficient (Wildman–Crippen LogP) is 2.53. The number of unbranched alkanes of at least 4 members (excludes halogenated alkanes) is 1. The van der Waals surface area contributed by atoms with Gasteiger partial charge in [-0.25, -0.2) is 0 Å². The van der Waals surface area contributed by atoms with Crippen molar-refractivity contribution in [2.45, 2.75) is 66.4 Å². The van der Waals surface area contributed by atoms with Gasteiger partial charge < -0.3 is 20.1 Å². The number of carbonyl (C=O) groups is 3. The molecule has 0 saturated carbocycles. The van der Waals surface area contributed by atoms with Crippen LogP contribution in [0.2, 0.25) is 0 Å². The topological polar surface area (TPSA) is 95.9 Å². The highest BCUT2D eigenvalue weighted by molar-refractivity contribution is 9.09. The predicted molar refractivity (Wildman–Crippen MR) is 135 cm³/mol. The van der Waals surface area contributed by atoms with Crippen molar-refractivity contribution in [3.8, 4) is 0 Å². The molecule has 3 heterocycles. The first kappa shape index (κ1) is 25.5. The summed E-state index contributed by atoms with van der Waals surface area (Å²) in [6, 6.07) is 8.35. The van der Waals surface area contributed by atoms with Crippen LogP contribution in [0, 0.1) is 11.8 Å². The van der Waals surface area contributed by atoms with Crippen molar-refractivity contribution in [3.05, 3.63) is 35.9 Å². The fraction of sp³-hybridized carbons (Fsp3) is 0.640. The number of hydrogen-bond donors (Lipinski definition) is 2. The van der Waals surface area contributed by atoms with Gasteiger partial charge in [0.1, 0.15) is 6.04 Å². The van der Waals surface area contributed by atoms with E-state index in [1.54, 1.807) is 23.6 Å². The minimum Gasteiger partial charge on any atom is -0.466 e. The Morgan fingerprint density at radius 2 is 2.06 bits per heavy atom. The fourth-order valence-electron chi connectivity index (χ4n) is 5.89. The molecule has 3 aliphatic heterocycles. The zero-order chi connectivity index (χ0) is 24.5. The average Bonchev–Trinajstić information content (AvgIpc) is 3.42. The van der Waals surface area contributed by atoms with E-state index in [1.807, 2.05) is 30.3 Å². The second-order valence-corrected chi connectivity index (χ2v) is 12.0. The number of halogens is 1. The molecule has 0 radical (unpaired) electrons. The van der Waals surface area contributed by atoms with Crippen LogP contribution in [0.25, 0.3) is 0 Å². The van der Waals surface area contributed by atoms with Crippen molar-refractivity contribution in [1.82, 2.24) is 10.2 Å². The van der Waals surface area contributed by atoms with Crippen LogP contribution in [-0.2, 0) is 25.5 Å². The van der Waals surface area contributed by atoms with Crippen molar-refractivity contribution < 1.29 is 24.2 Å². The second-order valence-electron chi connectivity index (χ2n) is 9.33. The molecule has 7 nitrogen and oxygen atoms in total. The van der Waals surface area contributed by atoms with E-state index in [1.165, 1.54) is 0 Å². The molecule has 3 aliphatic rings. The molecule has 2 N–H and O–H groups in total. The van der Waals surface area contributed by atoms with Gasteiger partial charge in [0.25, 0.3) is 0 Å². The molecule has 4 rings (SSSR count). The molecular formula is C25H33BrN2O5S. The number of likely N-dealkylation sites (tertiary alicyclic amines) is 1. The molecule has 3 fully saturated rings. The number of aliphatic hydroxyl groups excluding tert-OH is 1. The van der Waals surface area contributed by atoms with Crippen molar-refractivity contribution in [3.63, 3.8) is 0 Å². The van der Waals surface area contributed by atoms with E-state index in [0.717, 1.165) is 18.4 Å². The van der Waals surface area contributed by atoms with Gasteiger partial charge in [-0.3, -0.25) is 14.4 Å². The van der Waals surface area contributed by atoms with Crippen LogP contribution >= 0.6 is 27.7 Å². The van der Waals surface area contributed by atoms with E-state index in [2.05, 4.69) is 28.2 Å². The molecule has 1 aromatic rings. The molecule has 34 heavy (non-hydrogen) atoms. The molecule has 3 saturated heterocycles. The van der Waals surface area contributed by atoms with Crippen LogP contribution in [0.5, 0.6) is 0 Å². The minimum absolute atomic E-state index is 0.00329. The Kier molecular flexibility index (Phi) is 7.94. The Morgan fingerprint density at radius 1 is 1.32 bits per heavy atom. The van der Waals surface area contributed by atoms with Crippen LogP contribution in [0.4, 0.5) is 0 Å². The highest BCUT2D eigenvalue weighted by Crippen LogP contribution is 2.68. The maximum Gasteiger partial charge on any atom is 0.310 e. The Morgan fingerprint density at radius 3 is 2.71 bits per heavy atom. The third-order valence-corrected chi connectivity index (χ3v) is 10.5. The summed E-state index contributed by atoms with van der Waals surface area (Å²) in [4.78, 5) is 42.3. The standard InChI is InChI=1S/C25H33BrN2O5S/c1-3-5-11-27-22(30)21-25-13-17(26)20(34-25)18(24(32)33-4-2)19(25)23(31)28(21)16(14-29)12-15-9-7-6-8-10-15/h6-10,16-21,29H,3-5,11-14H2,1-2H3,(H,27,30)/t16-,17?,18-,19+,20-,21?,25?/m1/s1. The van der Waals surface area contributed by atoms with Gasteiger partial charge >= 0.3 is 5.97 Å². The summed E-state index contributed by atoms with van der Waals surface area (Å²) < 4.78 is 4.65. The molecule has 1 spiro atoms. The number of amides is 2. The maximum atomic E-state index is 14.0. The van der Waals surface area contributed by atoms with Crippen LogP contribution in [-0.4, -0.2) is 74.5 Å². The van der Waals surface area contributed by atoms with E-state index < -0.39 is 28.7 Å². The maximum absolute atomic E-state index is 14.0. The average molecular weight is 554 g/mol. The zero-order valence-electron chi connectivity index (χ0n) is 19.6. The summed E-state index contributed by atoms with van der Waals surface area (Å²) in [7, 11) is 0. The second kappa shape index (κ2) is 10.6. The Balaban J connectivity index is 1.73. The number of fused-ring (bicyclic) bond motifs is 1. The van der Waals surface area contributed by atoms with E-state index in [0.29, 0.717) is 19.4 Å². The van der Waals surface area contributed by atoms with Gasteiger partial charge in [-0.05, 0) is 31.7 Å². The molecular weight excluding hydrogens is 520 g/mol. The van der Waals surface area contributed by atoms with Crippen LogP contribution in [0.15, 0.2) is 30.3 Å². The summed E-state index contributed by atoms with van der Waals surface area (Å²) in [5, 5.41) is 13.3. The monoisotopic (exact) mass is 552 g/mol. The Bertz CT molecular complexity index is 918. The number of nitrogens with zero attached hydrogens (tertiary/aromatic N) is 1. The Hall–Kier alpha value is -1.58. The molecule has 9 heteroatoms. The van der Waals surface area contributed by atoms with E-state index in [9.17, 15) is 19.5 Å². The van der Waals surface area contributed by atoms with Gasteiger partial charge in [0.15, 0.2) is 0 Å². The highest BCUT2D eigenvalue weighted by Gasteiger charge is 2.76. The van der Waals surface area contributed by atoms with Crippen molar-refractivity contribution in [2.24, 2.45) is 11.8 Å². The largest absolute Gasteiger partial charge is 0.466 e. The molecule has 0 aromatic heterocycles. The first-order valence-corrected chi connectivity index (χ1v) is 13.9. The molecule has 2 bridgehead atoms. The van der Waals surface area contributed by atoms with Crippen LogP contribution < -0.4 is 5.32 Å². The first-order valence-electron chi connectivity index (χ1n) is 12.1. The quantitative estimate of drug-likeness (QED) is 0.263. The summed E-state index contributed by atoms with van der Waals surface area (Å²) >= 11 is 5.32. The van der Waals surface area contributed by atoms with Crippen molar-refractivity contribution >= 4 is 45.5 Å². The molecule has 186 valence electrons. The number of benzene rings is 1. The molecule has 3 unspecified atom stereocenters. The number of nitrogens with one attached hydrogen (secondary N) is 1. The number of alkyl halides is 1. The molecule has 0 aliphatic carbocycles. The first-order chi connectivity index (χ1) is 16.4. The van der Waals surface area contributed by atoms with E-state index >= 15 is 0 Å². The number of esters is 1. The highest BCUT2D eigenvalue weighted by atomic mass is 79.9. The third kappa shape index (κ3) is 4.28. The lowest BCUT2D eigenvalue weighted by atomic mass is 9.71. The van der Waals surface area contributed by atoms with Gasteiger partial charge in [-0.15, -0.1) is 11.8 Å². The van der Waals surface area contributed by atoms with Gasteiger partial charge in [-0.1, -0.05) is 59.6 Å². The number of thioether (sulfide) groups is 1. The van der Waals surface area contributed by atoms with Gasteiger partial charge in [0.05, 0.1) is 35.8 Å². The Labute approximate surface area is 213 Å². The number of hydrogen-bond acceptors (Lipinski definition) is 6. The summed E-state index contributed by atoms with van der Waals surface area (Å²) in [6.45, 7) is 4.32. The lowest BCUT2D eigenvalue weighted by Gasteiger charge is -2.37. The van der Waals surface area contributed by atoms with Gasteiger partial charge in [0.2, 0.25) is 11.8 Å². The van der Waals surface area contributed by atoms with E-state index in [4.69, 9.17) is 4.74 Å². The summed E-state index contributed by atoms with van der Waals surface area (Å²) in [5.74, 6) is -2.05. The summed E-state index contributed by atoms with van der Waals surface area (Å²) in [5.41, 5.74) is 0.978. The van der Waals surface area contributed by atoms with E-state index in [-0.39, 0.29) is 41.1 Å². The number of ether oxygens (including phenoxy) is 1. The molecule has 7 atom stereocenters. The SMILES string of the molecule is CCCCNC(=O)C1N([C@@H](CO)Cc2ccccc2)C(=O)[C@@H]2[C@@H](C(=O)OCC)[C@@H]3SC12CC3Br. The third-order valence-electron chi connectivity index (χ3n) is 7.28. The van der Waals surface area contributed by atoms with Crippen molar-refractivity contribution in [1.29, 1.82) is 0 Å². The fourth-order valence-corrected chi connectivity index (χ4v) is 9.48. The number of rotatable bonds is 10. The number of aliphatic hydroxyl groups is 1. The zero-order valence-corrected chi connectivity index (χ0v) is 22.0. The lowest BCUT2D eigenvalue weighted by molar-refractivity contribution is -0.154. The van der Waals surface area contributed by atoms with Gasteiger partial charge in [-0.2, -0.15) is 0 Å². The van der Waals surface area contributed by atoms with Crippen molar-refractivity contribution in [2.75, 3.05) is 19.8 Å². The molecule has 1 aromatic carbocycles. The smallest absolute Gasteiger partial charge is 0.310 e. The summed E-state index contributed by atoms with van der Waals surface area (Å²) in [6.07, 6.45) is 2.83. The lowest BCUT2D eigenvalue weighted by Crippen LogP contribution is -2.57. The van der Waals surface area contributed by atoms with Gasteiger partial charge in [0, 0.05) is 16.6 Å². The van der Waals surface area contributed by atoms with Crippen LogP contribution in [0.3, 0.4) is 0 Å².